The third kappa shape index (κ3) is 4.41. The van der Waals surface area contributed by atoms with E-state index in [1.807, 2.05) is 32.0 Å². The van der Waals surface area contributed by atoms with Gasteiger partial charge in [-0.15, -0.1) is 11.3 Å². The van der Waals surface area contributed by atoms with Gasteiger partial charge in [0.2, 0.25) is 11.8 Å². The van der Waals surface area contributed by atoms with E-state index in [2.05, 4.69) is 15.7 Å². The van der Waals surface area contributed by atoms with Crippen molar-refractivity contribution in [3.63, 3.8) is 0 Å². The quantitative estimate of drug-likeness (QED) is 0.586. The lowest BCUT2D eigenvalue weighted by Gasteiger charge is -2.48. The van der Waals surface area contributed by atoms with Crippen LogP contribution in [0.2, 0.25) is 0 Å². The molecule has 3 amide bonds. The molecule has 0 spiro atoms. The van der Waals surface area contributed by atoms with Crippen molar-refractivity contribution in [2.45, 2.75) is 64.5 Å². The normalized spacial score (nSPS) is 19.8. The molecule has 2 aliphatic heterocycles. The van der Waals surface area contributed by atoms with Gasteiger partial charge in [0.25, 0.3) is 5.91 Å². The van der Waals surface area contributed by atoms with Crippen molar-refractivity contribution in [2.75, 3.05) is 18.0 Å². The number of carbonyl (C=O) groups excluding carboxylic acids is 3. The highest BCUT2D eigenvalue weighted by atomic mass is 32.1. The van der Waals surface area contributed by atoms with Gasteiger partial charge in [0.15, 0.2) is 0 Å². The van der Waals surface area contributed by atoms with E-state index in [-0.39, 0.29) is 17.7 Å². The van der Waals surface area contributed by atoms with Gasteiger partial charge < -0.3 is 10.2 Å². The van der Waals surface area contributed by atoms with Gasteiger partial charge in [0, 0.05) is 37.0 Å². The minimum absolute atomic E-state index is 0.00413. The summed E-state index contributed by atoms with van der Waals surface area (Å²) in [5.41, 5.74) is 1.66. The Labute approximate surface area is 192 Å². The number of thiazole rings is 1. The summed E-state index contributed by atoms with van der Waals surface area (Å²) in [6.07, 6.45) is 4.82. The predicted molar refractivity (Wildman–Crippen MR) is 125 cm³/mol. The number of unbranched alkanes of at least 4 members (excludes halogenated alkanes) is 1. The summed E-state index contributed by atoms with van der Waals surface area (Å²) in [6, 6.07) is 7.29. The maximum atomic E-state index is 13.2. The molecule has 170 valence electrons. The van der Waals surface area contributed by atoms with E-state index in [0.717, 1.165) is 30.0 Å². The fraction of sp³-hybridized carbons (Fsp3) is 0.500. The summed E-state index contributed by atoms with van der Waals surface area (Å²) in [5.74, 6) is -0.0144. The summed E-state index contributed by atoms with van der Waals surface area (Å²) < 4.78 is 0. The van der Waals surface area contributed by atoms with Gasteiger partial charge in [-0.1, -0.05) is 12.1 Å². The second kappa shape index (κ2) is 9.40. The number of hydrogen-bond donors (Lipinski definition) is 1. The lowest BCUT2D eigenvalue weighted by atomic mass is 9.98. The smallest absolute Gasteiger partial charge is 0.257 e. The van der Waals surface area contributed by atoms with Crippen LogP contribution >= 0.6 is 11.3 Å². The van der Waals surface area contributed by atoms with E-state index in [4.69, 9.17) is 0 Å². The Balaban J connectivity index is 1.26. The number of carbonyl (C=O) groups is 3. The number of benzene rings is 1. The Bertz CT molecular complexity index is 1020. The van der Waals surface area contributed by atoms with Crippen LogP contribution in [-0.4, -0.2) is 46.4 Å². The third-order valence-corrected chi connectivity index (χ3v) is 7.36. The zero-order valence-electron chi connectivity index (χ0n) is 18.7. The molecule has 0 radical (unpaired) electrons. The van der Waals surface area contributed by atoms with E-state index < -0.39 is 5.66 Å². The summed E-state index contributed by atoms with van der Waals surface area (Å²) >= 11 is 1.69. The fourth-order valence-electron chi connectivity index (χ4n) is 4.67. The highest BCUT2D eigenvalue weighted by Crippen LogP contribution is 2.43. The molecule has 1 aromatic carbocycles. The van der Waals surface area contributed by atoms with Crippen LogP contribution in [0.1, 0.15) is 66.5 Å². The molecule has 1 aromatic heterocycles. The molecule has 3 heterocycles. The van der Waals surface area contributed by atoms with Crippen molar-refractivity contribution >= 4 is 34.7 Å². The van der Waals surface area contributed by atoms with Crippen molar-refractivity contribution < 1.29 is 14.4 Å². The Hall–Kier alpha value is -2.74. The van der Waals surface area contributed by atoms with Crippen molar-refractivity contribution in [2.24, 2.45) is 0 Å². The zero-order chi connectivity index (χ0) is 22.7. The summed E-state index contributed by atoms with van der Waals surface area (Å²) in [6.45, 7) is 5.05. The second-order valence-electron chi connectivity index (χ2n) is 8.71. The van der Waals surface area contributed by atoms with Gasteiger partial charge >= 0.3 is 0 Å². The first-order chi connectivity index (χ1) is 15.4. The average molecular weight is 455 g/mol. The zero-order valence-corrected chi connectivity index (χ0v) is 19.5. The van der Waals surface area contributed by atoms with Crippen molar-refractivity contribution in [1.29, 1.82) is 0 Å². The minimum Gasteiger partial charge on any atom is -0.356 e. The van der Waals surface area contributed by atoms with Crippen molar-refractivity contribution in [3.8, 4) is 0 Å². The monoisotopic (exact) mass is 454 g/mol. The molecule has 4 rings (SSSR count). The maximum Gasteiger partial charge on any atom is 0.257 e. The summed E-state index contributed by atoms with van der Waals surface area (Å²) in [5, 5.41) is 6.18. The molecule has 2 aliphatic rings. The van der Waals surface area contributed by atoms with Crippen LogP contribution in [0, 0.1) is 6.92 Å². The van der Waals surface area contributed by atoms with Crippen LogP contribution < -0.4 is 10.2 Å². The lowest BCUT2D eigenvalue weighted by Crippen LogP contribution is -2.62. The number of aromatic nitrogens is 1. The average Bonchev–Trinajstić information content (AvgIpc) is 3.33. The van der Waals surface area contributed by atoms with Crippen LogP contribution in [0.3, 0.4) is 0 Å². The van der Waals surface area contributed by atoms with Gasteiger partial charge in [-0.3, -0.25) is 19.3 Å². The largest absolute Gasteiger partial charge is 0.356 e. The number of nitrogens with one attached hydrogen (secondary N) is 1. The Morgan fingerprint density at radius 2 is 2.03 bits per heavy atom. The van der Waals surface area contributed by atoms with Crippen LogP contribution in [0.5, 0.6) is 0 Å². The van der Waals surface area contributed by atoms with Gasteiger partial charge in [-0.05, 0) is 58.1 Å². The first-order valence-electron chi connectivity index (χ1n) is 11.3. The Morgan fingerprint density at radius 3 is 2.81 bits per heavy atom. The molecule has 1 unspecified atom stereocenters. The molecular weight excluding hydrogens is 424 g/mol. The van der Waals surface area contributed by atoms with Crippen molar-refractivity contribution in [3.05, 3.63) is 45.9 Å². The van der Waals surface area contributed by atoms with E-state index in [1.54, 1.807) is 27.2 Å². The number of nitrogens with zero attached hydrogens (tertiary/aromatic N) is 3. The van der Waals surface area contributed by atoms with E-state index in [9.17, 15) is 14.4 Å². The maximum absolute atomic E-state index is 13.2. The molecule has 0 saturated carbocycles. The Kier molecular flexibility index (Phi) is 6.60. The van der Waals surface area contributed by atoms with Crippen LogP contribution in [0.25, 0.3) is 0 Å². The Morgan fingerprint density at radius 1 is 1.22 bits per heavy atom. The number of fused-ring (bicyclic) bond motifs is 3. The van der Waals surface area contributed by atoms with Gasteiger partial charge in [-0.2, -0.15) is 0 Å². The van der Waals surface area contributed by atoms with E-state index >= 15 is 0 Å². The van der Waals surface area contributed by atoms with Gasteiger partial charge in [0.1, 0.15) is 5.66 Å². The predicted octanol–water partition coefficient (Wildman–Crippen LogP) is 3.67. The first kappa shape index (κ1) is 22.5. The van der Waals surface area contributed by atoms with E-state index in [0.29, 0.717) is 50.0 Å². The molecule has 1 saturated heterocycles. The topological polar surface area (TPSA) is 82.6 Å². The number of amides is 3. The highest BCUT2D eigenvalue weighted by Gasteiger charge is 2.52. The van der Waals surface area contributed by atoms with Gasteiger partial charge in [0.05, 0.1) is 16.3 Å². The second-order valence-corrected chi connectivity index (χ2v) is 9.66. The minimum atomic E-state index is -0.660. The molecule has 0 aliphatic carbocycles. The molecule has 8 heteroatoms. The molecular formula is C24H30N4O3S. The molecule has 1 atom stereocenters. The lowest BCUT2D eigenvalue weighted by molar-refractivity contribution is -0.121. The van der Waals surface area contributed by atoms with E-state index in [1.165, 1.54) is 0 Å². The van der Waals surface area contributed by atoms with Crippen LogP contribution in [-0.2, 0) is 16.0 Å². The number of para-hydroxylation sites is 1. The van der Waals surface area contributed by atoms with Crippen LogP contribution in [0.15, 0.2) is 29.6 Å². The highest BCUT2D eigenvalue weighted by molar-refractivity contribution is 7.09. The molecule has 0 bridgehead atoms. The molecule has 1 N–H and O–H groups in total. The van der Waals surface area contributed by atoms with Gasteiger partial charge in [-0.25, -0.2) is 4.98 Å². The first-order valence-corrected chi connectivity index (χ1v) is 12.2. The van der Waals surface area contributed by atoms with Crippen LogP contribution in [0.4, 0.5) is 5.69 Å². The molecule has 32 heavy (non-hydrogen) atoms. The number of hydrogen-bond acceptors (Lipinski definition) is 5. The van der Waals surface area contributed by atoms with Crippen molar-refractivity contribution in [1.82, 2.24) is 15.2 Å². The number of anilines is 1. The fourth-order valence-corrected chi connectivity index (χ4v) is 5.49. The number of aryl methyl sites for hydroxylation is 2. The standard InChI is InChI=1S/C24H30N4O3S/c1-17-16-32-21(26-17)11-5-6-14-25-20(29)10-7-15-27-23(31)18-8-3-4-9-19(18)28-22(30)12-13-24(27,28)2/h3-4,8-9,16H,5-7,10-15H2,1-2H3,(H,25,29). The summed E-state index contributed by atoms with van der Waals surface area (Å²) in [4.78, 5) is 46.1. The molecule has 7 nitrogen and oxygen atoms in total. The molecule has 1 fully saturated rings. The third-order valence-electron chi connectivity index (χ3n) is 6.34. The SMILES string of the molecule is Cc1csc(CCCCNC(=O)CCCN2C(=O)c3ccccc3N3C(=O)CCC23C)n1. The number of rotatable bonds is 9. The summed E-state index contributed by atoms with van der Waals surface area (Å²) in [7, 11) is 0. The molecule has 2 aromatic rings.